The Bertz CT molecular complexity index is 4990. The molecule has 2 aliphatic heterocycles. The first-order chi connectivity index (χ1) is 41.5. The number of rotatable bonds is 6. The molecular weight excluding hydrogens is 1260 g/mol. The third-order valence-corrected chi connectivity index (χ3v) is 19.0. The van der Waals surface area contributed by atoms with Crippen molar-refractivity contribution in [1.82, 2.24) is 18.7 Å². The summed E-state index contributed by atoms with van der Waals surface area (Å²) >= 11 is 0. The monoisotopic (exact) mass is 1340 g/mol. The van der Waals surface area contributed by atoms with Crippen LogP contribution in [0.4, 0.5) is 0 Å². The van der Waals surface area contributed by atoms with E-state index in [0.717, 1.165) is 61.0 Å². The molecule has 14 rings (SSSR count). The molecule has 0 unspecified atom stereocenters. The van der Waals surface area contributed by atoms with E-state index >= 15 is 0 Å². The maximum atomic E-state index is 7.14. The number of ether oxygens (including phenoxy) is 1. The van der Waals surface area contributed by atoms with E-state index in [9.17, 15) is 0 Å². The van der Waals surface area contributed by atoms with Crippen LogP contribution in [0.3, 0.4) is 0 Å². The van der Waals surface area contributed by atoms with Crippen LogP contribution in [0.25, 0.3) is 105 Å². The second kappa shape index (κ2) is 20.7. The van der Waals surface area contributed by atoms with Crippen LogP contribution in [0.1, 0.15) is 157 Å². The maximum absolute atomic E-state index is 7.14. The Hall–Kier alpha value is -8.11. The Morgan fingerprint density at radius 1 is 0.438 bits per heavy atom. The van der Waals surface area contributed by atoms with Crippen molar-refractivity contribution in [3.63, 3.8) is 0 Å². The Morgan fingerprint density at radius 3 is 1.62 bits per heavy atom. The van der Waals surface area contributed by atoms with Crippen molar-refractivity contribution in [3.8, 4) is 50.9 Å². The number of para-hydroxylation sites is 2. The molecule has 452 valence electrons. The van der Waals surface area contributed by atoms with E-state index in [1.807, 2.05) is 12.3 Å². The molecule has 0 saturated carbocycles. The smallest absolute Gasteiger partial charge is 0.135 e. The minimum Gasteiger partial charge on any atom is -0.510 e. The van der Waals surface area contributed by atoms with Gasteiger partial charge in [0.25, 0.3) is 0 Å². The van der Waals surface area contributed by atoms with Crippen molar-refractivity contribution in [1.29, 1.82) is 0 Å². The summed E-state index contributed by atoms with van der Waals surface area (Å²) in [5.41, 5.74) is 19.3. The van der Waals surface area contributed by atoms with E-state index in [1.54, 1.807) is 0 Å². The van der Waals surface area contributed by atoms with E-state index in [-0.39, 0.29) is 53.6 Å². The van der Waals surface area contributed by atoms with Gasteiger partial charge < -0.3 is 18.4 Å². The molecule has 2 aromatic heterocycles. The third-order valence-electron chi connectivity index (χ3n) is 19.0. The number of aromatic nitrogens is 4. The summed E-state index contributed by atoms with van der Waals surface area (Å²) in [5, 5.41) is 9.47. The van der Waals surface area contributed by atoms with Gasteiger partial charge >= 0.3 is 0 Å². The summed E-state index contributed by atoms with van der Waals surface area (Å²) in [7, 11) is 0. The normalized spacial score (nSPS) is 13.7. The molecule has 0 saturated heterocycles. The zero-order valence-corrected chi connectivity index (χ0v) is 57.1. The summed E-state index contributed by atoms with van der Waals surface area (Å²) < 4.78 is 14.3. The molecule has 3 aliphatic rings. The Balaban J connectivity index is 0.00000729. The van der Waals surface area contributed by atoms with Crippen molar-refractivity contribution in [2.24, 2.45) is 0 Å². The third kappa shape index (κ3) is 10.0. The summed E-state index contributed by atoms with van der Waals surface area (Å²) in [4.78, 5) is 5.02. The second-order valence-corrected chi connectivity index (χ2v) is 30.7. The molecule has 1 aliphatic carbocycles. The number of benzene rings is 9. The van der Waals surface area contributed by atoms with Gasteiger partial charge in [-0.1, -0.05) is 250 Å². The number of hydrogen-bond acceptors (Lipinski definition) is 2. The van der Waals surface area contributed by atoms with Gasteiger partial charge in [-0.15, -0.1) is 29.4 Å². The minimum absolute atomic E-state index is 0. The molecule has 0 fully saturated rings. The average molecular weight is 1350 g/mol. The molecule has 4 heterocycles. The van der Waals surface area contributed by atoms with E-state index < -0.39 is 0 Å². The van der Waals surface area contributed by atoms with Gasteiger partial charge in [-0.25, -0.2) is 4.98 Å². The quantitative estimate of drug-likeness (QED) is 0.156. The number of imidazole rings is 1. The fourth-order valence-electron chi connectivity index (χ4n) is 13.8. The van der Waals surface area contributed by atoms with E-state index in [4.69, 9.17) is 9.72 Å². The van der Waals surface area contributed by atoms with E-state index in [0.29, 0.717) is 11.5 Å². The zero-order valence-electron chi connectivity index (χ0n) is 54.8. The van der Waals surface area contributed by atoms with Gasteiger partial charge in [0.2, 0.25) is 0 Å². The van der Waals surface area contributed by atoms with Crippen molar-refractivity contribution in [2.75, 3.05) is 0 Å². The largest absolute Gasteiger partial charge is 0.510 e. The molecule has 9 aromatic carbocycles. The van der Waals surface area contributed by atoms with E-state index in [1.165, 1.54) is 82.6 Å². The van der Waals surface area contributed by atoms with Crippen LogP contribution in [0.15, 0.2) is 182 Å². The van der Waals surface area contributed by atoms with Crippen LogP contribution >= 0.6 is 0 Å². The molecule has 0 N–H and O–H groups in total. The maximum Gasteiger partial charge on any atom is 0.135 e. The second-order valence-electron chi connectivity index (χ2n) is 30.7. The van der Waals surface area contributed by atoms with Crippen molar-refractivity contribution in [3.05, 3.63) is 233 Å². The number of fused-ring (bicyclic) bond motifs is 8. The van der Waals surface area contributed by atoms with Crippen LogP contribution in [0.5, 0.6) is 11.5 Å². The van der Waals surface area contributed by atoms with Gasteiger partial charge in [0.1, 0.15) is 5.82 Å². The fraction of sp³-hybridized carbons (Fsp3) is 0.277. The van der Waals surface area contributed by atoms with Gasteiger partial charge in [-0.3, -0.25) is 0 Å². The van der Waals surface area contributed by atoms with Gasteiger partial charge in [0.15, 0.2) is 0 Å². The van der Waals surface area contributed by atoms with Crippen LogP contribution in [-0.4, -0.2) is 18.7 Å². The summed E-state index contributed by atoms with van der Waals surface area (Å²) in [6.45, 7) is 39.4. The minimum atomic E-state index is -0.265. The van der Waals surface area contributed by atoms with Crippen LogP contribution < -0.4 is 4.74 Å². The number of nitrogens with zero attached hydrogens (tertiary/aromatic N) is 4. The summed E-state index contributed by atoms with van der Waals surface area (Å²) in [6, 6.07) is 71.8. The van der Waals surface area contributed by atoms with Gasteiger partial charge in [-0.2, -0.15) is 18.2 Å². The zero-order chi connectivity index (χ0) is 61.9. The molecule has 0 amide bonds. The molecule has 6 heteroatoms. The van der Waals surface area contributed by atoms with Gasteiger partial charge in [0, 0.05) is 50.6 Å². The van der Waals surface area contributed by atoms with Crippen LogP contribution in [0, 0.1) is 12.1 Å². The number of pyridine rings is 1. The SMILES string of the molecule is CC(C)(C)c1cc(-c2cccc3c4cccc(c4)c4cccc(-c5cc(C(C)(C)C)cc(C(C)(C)C)c5)c4n4[cH-]n(-c5[c-]c(Oc6[c-]c7c8c(c6)C(C)(C)c6cccc(c68)n7-c6cc(C(C)(C)C)ccn6)ccc5)c5cccc(c5-4)c23)cc(C(C)(C)C)c1.[Pt]. The predicted octanol–water partition coefficient (Wildman–Crippen LogP) is 22.5. The molecule has 0 radical (unpaired) electrons. The number of hydrogen-bond donors (Lipinski definition) is 0. The summed E-state index contributed by atoms with van der Waals surface area (Å²) in [5.74, 6) is 2.10. The molecule has 0 atom stereocenters. The predicted molar refractivity (Wildman–Crippen MR) is 372 cm³/mol. The molecule has 89 heavy (non-hydrogen) atoms. The van der Waals surface area contributed by atoms with Gasteiger partial charge in [0.05, 0.1) is 0 Å². The Labute approximate surface area is 540 Å². The van der Waals surface area contributed by atoms with Crippen LogP contribution in [-0.2, 0) is 53.6 Å². The first-order valence-corrected chi connectivity index (χ1v) is 31.5. The molecular formula is C83H81N4OPt-3. The molecule has 0 spiro atoms. The molecule has 11 aromatic rings. The Morgan fingerprint density at radius 2 is 0.978 bits per heavy atom. The summed E-state index contributed by atoms with van der Waals surface area (Å²) in [6.07, 6.45) is 4.25. The van der Waals surface area contributed by atoms with Gasteiger partial charge in [-0.05, 0) is 167 Å². The fourth-order valence-corrected chi connectivity index (χ4v) is 13.8. The average Bonchev–Trinajstić information content (AvgIpc) is 1.55. The standard InChI is InChI=1S/C83H81N4O.Pt/c1-78(2,3)54-36-37-84-72(45-54)87-69-34-23-33-67-74(69)75-68(83(67,16)17)47-61(48-71(75)87)88-60-27-19-26-59(46-60)85-49-86-76-64(30-21-31-65(76)53-41-57(81(10,11)12)44-58(42-53)82(13,14)15)51-25-18-24-50(38-51)62-28-20-29-63(73(62)66-32-22-35-70(85)77(66)86)52-39-55(79(4,5)6)43-56(40-52)80(7,8)9;/h18-45,47,49H,1-17H3;/q-3;. The van der Waals surface area contributed by atoms with Crippen molar-refractivity contribution in [2.45, 2.75) is 150 Å². The topological polar surface area (TPSA) is 36.9 Å². The first-order valence-electron chi connectivity index (χ1n) is 31.5. The molecule has 2 bridgehead atoms. The van der Waals surface area contributed by atoms with Crippen LogP contribution in [0.2, 0.25) is 0 Å². The van der Waals surface area contributed by atoms with E-state index in [2.05, 4.69) is 314 Å². The van der Waals surface area contributed by atoms with Crippen molar-refractivity contribution < 1.29 is 25.8 Å². The first kappa shape index (κ1) is 59.8. The Kier molecular flexibility index (Phi) is 13.9. The van der Waals surface area contributed by atoms with Crippen molar-refractivity contribution >= 4 is 65.2 Å². The molecule has 5 nitrogen and oxygen atoms in total.